The minimum Gasteiger partial charge on any atom is -0.334 e. The van der Waals surface area contributed by atoms with Crippen molar-refractivity contribution < 1.29 is 9.18 Å². The number of hydrogen-bond donors (Lipinski definition) is 3. The summed E-state index contributed by atoms with van der Waals surface area (Å²) in [7, 11) is 0. The average molecular weight is 324 g/mol. The largest absolute Gasteiger partial charge is 0.334 e. The van der Waals surface area contributed by atoms with Crippen LogP contribution in [-0.2, 0) is 6.54 Å². The van der Waals surface area contributed by atoms with Crippen molar-refractivity contribution in [2.24, 2.45) is 5.73 Å². The van der Waals surface area contributed by atoms with Crippen molar-refractivity contribution in [3.05, 3.63) is 65.5 Å². The highest BCUT2D eigenvalue weighted by atomic mass is 35.5. The number of rotatable bonds is 4. The summed E-state index contributed by atoms with van der Waals surface area (Å²) in [5.74, 6) is -0.294. The lowest BCUT2D eigenvalue weighted by Gasteiger charge is -2.09. The number of anilines is 1. The van der Waals surface area contributed by atoms with Gasteiger partial charge in [0.2, 0.25) is 0 Å². The summed E-state index contributed by atoms with van der Waals surface area (Å²) in [6.07, 6.45) is 0. The first-order valence-electron chi connectivity index (χ1n) is 6.69. The van der Waals surface area contributed by atoms with Crippen molar-refractivity contribution in [3.8, 4) is 0 Å². The van der Waals surface area contributed by atoms with Crippen molar-refractivity contribution in [2.45, 2.75) is 19.5 Å². The Labute approximate surface area is 135 Å². The molecule has 0 aromatic heterocycles. The molecule has 2 amide bonds. The third kappa shape index (κ3) is 5.35. The Bertz CT molecular complexity index is 600. The van der Waals surface area contributed by atoms with E-state index in [4.69, 9.17) is 5.73 Å². The highest BCUT2D eigenvalue weighted by molar-refractivity contribution is 5.89. The average Bonchev–Trinajstić information content (AvgIpc) is 2.47. The molecular weight excluding hydrogens is 305 g/mol. The van der Waals surface area contributed by atoms with E-state index in [0.717, 1.165) is 11.1 Å². The predicted octanol–water partition coefficient (Wildman–Crippen LogP) is 3.59. The van der Waals surface area contributed by atoms with Gasteiger partial charge in [-0.1, -0.05) is 24.3 Å². The number of hydrogen-bond acceptors (Lipinski definition) is 2. The SMILES string of the molecule is C[C@H](N)c1ccc(NC(=O)NCc2ccc(F)cc2)cc1.Cl. The number of urea groups is 1. The maximum Gasteiger partial charge on any atom is 0.319 e. The van der Waals surface area contributed by atoms with Crippen LogP contribution in [0.4, 0.5) is 14.9 Å². The molecule has 0 radical (unpaired) electrons. The number of nitrogens with one attached hydrogen (secondary N) is 2. The maximum atomic E-state index is 12.8. The molecule has 0 unspecified atom stereocenters. The molecule has 6 heteroatoms. The first-order valence-corrected chi connectivity index (χ1v) is 6.69. The van der Waals surface area contributed by atoms with Gasteiger partial charge in [-0.25, -0.2) is 9.18 Å². The molecule has 0 aliphatic carbocycles. The highest BCUT2D eigenvalue weighted by Crippen LogP contribution is 2.14. The van der Waals surface area contributed by atoms with Crippen molar-refractivity contribution in [3.63, 3.8) is 0 Å². The van der Waals surface area contributed by atoms with E-state index in [1.807, 2.05) is 19.1 Å². The van der Waals surface area contributed by atoms with Crippen LogP contribution in [0.25, 0.3) is 0 Å². The number of nitrogens with two attached hydrogens (primary N) is 1. The lowest BCUT2D eigenvalue weighted by Crippen LogP contribution is -2.28. The van der Waals surface area contributed by atoms with Crippen LogP contribution in [0.3, 0.4) is 0 Å². The summed E-state index contributed by atoms with van der Waals surface area (Å²) in [6, 6.07) is 13.0. The van der Waals surface area contributed by atoms with Gasteiger partial charge in [0.25, 0.3) is 0 Å². The Morgan fingerprint density at radius 3 is 2.27 bits per heavy atom. The zero-order valence-electron chi connectivity index (χ0n) is 12.2. The smallest absolute Gasteiger partial charge is 0.319 e. The third-order valence-electron chi connectivity index (χ3n) is 3.06. The minimum absolute atomic E-state index is 0. The molecule has 2 aromatic rings. The van der Waals surface area contributed by atoms with E-state index in [-0.39, 0.29) is 30.3 Å². The molecule has 0 fully saturated rings. The van der Waals surface area contributed by atoms with Crippen molar-refractivity contribution in [1.82, 2.24) is 5.32 Å². The Morgan fingerprint density at radius 2 is 1.73 bits per heavy atom. The molecule has 4 nitrogen and oxygen atoms in total. The molecule has 0 aliphatic rings. The monoisotopic (exact) mass is 323 g/mol. The number of carbonyl (C=O) groups excluding carboxylic acids is 1. The molecule has 0 bridgehead atoms. The Balaban J connectivity index is 0.00000242. The van der Waals surface area contributed by atoms with Gasteiger partial charge < -0.3 is 16.4 Å². The topological polar surface area (TPSA) is 67.1 Å². The lowest BCUT2D eigenvalue weighted by molar-refractivity contribution is 0.251. The minimum atomic E-state index is -0.312. The van der Waals surface area contributed by atoms with Crippen LogP contribution >= 0.6 is 12.4 Å². The van der Waals surface area contributed by atoms with E-state index < -0.39 is 0 Å². The van der Waals surface area contributed by atoms with Crippen LogP contribution in [0.1, 0.15) is 24.1 Å². The van der Waals surface area contributed by atoms with Gasteiger partial charge in [0.1, 0.15) is 5.82 Å². The summed E-state index contributed by atoms with van der Waals surface area (Å²) in [4.78, 5) is 11.8. The lowest BCUT2D eigenvalue weighted by atomic mass is 10.1. The standard InChI is InChI=1S/C16H18FN3O.ClH/c1-11(18)13-4-8-15(9-5-13)20-16(21)19-10-12-2-6-14(17)7-3-12;/h2-9,11H,10,18H2,1H3,(H2,19,20,21);1H/t11-;/m0./s1. The molecule has 0 saturated carbocycles. The number of carbonyl (C=O) groups is 1. The molecule has 0 saturated heterocycles. The highest BCUT2D eigenvalue weighted by Gasteiger charge is 2.03. The molecule has 2 rings (SSSR count). The summed E-state index contributed by atoms with van der Waals surface area (Å²) in [5, 5.41) is 5.43. The Morgan fingerprint density at radius 1 is 1.14 bits per heavy atom. The van der Waals surface area contributed by atoms with Gasteiger partial charge in [0, 0.05) is 18.3 Å². The van der Waals surface area contributed by atoms with E-state index in [1.54, 1.807) is 24.3 Å². The fraction of sp³-hybridized carbons (Fsp3) is 0.188. The van der Waals surface area contributed by atoms with Gasteiger partial charge in [-0.05, 0) is 42.3 Å². The van der Waals surface area contributed by atoms with E-state index in [0.29, 0.717) is 12.2 Å². The molecule has 2 aromatic carbocycles. The summed E-state index contributed by atoms with van der Waals surface area (Å²) < 4.78 is 12.8. The molecule has 0 spiro atoms. The van der Waals surface area contributed by atoms with Gasteiger partial charge in [-0.2, -0.15) is 0 Å². The Hall–Kier alpha value is -2.11. The number of benzene rings is 2. The van der Waals surface area contributed by atoms with Crippen molar-refractivity contribution >= 4 is 24.1 Å². The maximum absolute atomic E-state index is 12.8. The fourth-order valence-electron chi connectivity index (χ4n) is 1.83. The van der Waals surface area contributed by atoms with Crippen LogP contribution in [0, 0.1) is 5.82 Å². The molecule has 4 N–H and O–H groups in total. The molecule has 22 heavy (non-hydrogen) atoms. The molecule has 0 heterocycles. The van der Waals surface area contributed by atoms with Crippen LogP contribution < -0.4 is 16.4 Å². The van der Waals surface area contributed by atoms with Crippen LogP contribution in [0.15, 0.2) is 48.5 Å². The summed E-state index contributed by atoms with van der Waals surface area (Å²) in [5.41, 5.74) is 8.29. The molecular formula is C16H19ClFN3O. The van der Waals surface area contributed by atoms with Crippen molar-refractivity contribution in [1.29, 1.82) is 0 Å². The van der Waals surface area contributed by atoms with E-state index in [2.05, 4.69) is 10.6 Å². The van der Waals surface area contributed by atoms with Gasteiger partial charge in [0.05, 0.1) is 0 Å². The predicted molar refractivity (Wildman–Crippen MR) is 88.6 cm³/mol. The Kier molecular flexibility index (Phi) is 6.82. The number of halogens is 2. The van der Waals surface area contributed by atoms with Gasteiger partial charge in [-0.3, -0.25) is 0 Å². The second kappa shape index (κ2) is 8.36. The van der Waals surface area contributed by atoms with Crippen LogP contribution in [-0.4, -0.2) is 6.03 Å². The first-order chi connectivity index (χ1) is 10.0. The normalized spacial score (nSPS) is 11.2. The summed E-state index contributed by atoms with van der Waals surface area (Å²) >= 11 is 0. The molecule has 118 valence electrons. The zero-order valence-corrected chi connectivity index (χ0v) is 13.0. The van der Waals surface area contributed by atoms with Gasteiger partial charge >= 0.3 is 6.03 Å². The first kappa shape index (κ1) is 17.9. The van der Waals surface area contributed by atoms with Crippen molar-refractivity contribution in [2.75, 3.05) is 5.32 Å². The second-order valence-corrected chi connectivity index (χ2v) is 4.84. The van der Waals surface area contributed by atoms with Crippen LogP contribution in [0.5, 0.6) is 0 Å². The van der Waals surface area contributed by atoms with Crippen LogP contribution in [0.2, 0.25) is 0 Å². The zero-order chi connectivity index (χ0) is 15.2. The molecule has 0 aliphatic heterocycles. The second-order valence-electron chi connectivity index (χ2n) is 4.84. The van der Waals surface area contributed by atoms with E-state index in [9.17, 15) is 9.18 Å². The molecule has 1 atom stereocenters. The van der Waals surface area contributed by atoms with E-state index in [1.165, 1.54) is 12.1 Å². The fourth-order valence-corrected chi connectivity index (χ4v) is 1.83. The number of amides is 2. The summed E-state index contributed by atoms with van der Waals surface area (Å²) in [6.45, 7) is 2.24. The van der Waals surface area contributed by atoms with Gasteiger partial charge in [0.15, 0.2) is 0 Å². The van der Waals surface area contributed by atoms with E-state index >= 15 is 0 Å². The third-order valence-corrected chi connectivity index (χ3v) is 3.06. The quantitative estimate of drug-likeness (QED) is 0.805. The van der Waals surface area contributed by atoms with Gasteiger partial charge in [-0.15, -0.1) is 12.4 Å².